The van der Waals surface area contributed by atoms with E-state index in [0.29, 0.717) is 18.3 Å². The summed E-state index contributed by atoms with van der Waals surface area (Å²) in [5.74, 6) is 0.682. The lowest BCUT2D eigenvalue weighted by atomic mass is 10.3. The van der Waals surface area contributed by atoms with Crippen LogP contribution in [0.3, 0.4) is 0 Å². The van der Waals surface area contributed by atoms with Gasteiger partial charge in [-0.05, 0) is 12.1 Å². The minimum Gasteiger partial charge on any atom is -0.475 e. The van der Waals surface area contributed by atoms with Crippen LogP contribution in [0.2, 0.25) is 0 Å². The molecule has 0 aliphatic carbocycles. The molecule has 82 valence electrons. The molecule has 0 amide bonds. The topological polar surface area (TPSA) is 73.9 Å². The summed E-state index contributed by atoms with van der Waals surface area (Å²) in [6.07, 6.45) is 5.55. The van der Waals surface area contributed by atoms with Crippen molar-refractivity contribution in [3.05, 3.63) is 42.5 Å². The minimum absolute atomic E-state index is 0.309. The molecule has 0 spiro atoms. The molecule has 0 aliphatic rings. The predicted molar refractivity (Wildman–Crippen MR) is 59.9 cm³/mol. The monoisotopic (exact) mass is 216 g/mol. The Bertz CT molecular complexity index is 447. The lowest BCUT2D eigenvalue weighted by Gasteiger charge is -2.05. The fourth-order valence-electron chi connectivity index (χ4n) is 1.25. The molecule has 0 fully saturated rings. The highest BCUT2D eigenvalue weighted by atomic mass is 16.5. The predicted octanol–water partition coefficient (Wildman–Crippen LogP) is 1.08. The van der Waals surface area contributed by atoms with Crippen LogP contribution in [0.25, 0.3) is 0 Å². The molecular weight excluding hydrogens is 204 g/mol. The van der Waals surface area contributed by atoms with Gasteiger partial charge in [0.2, 0.25) is 0 Å². The van der Waals surface area contributed by atoms with Gasteiger partial charge in [-0.2, -0.15) is 0 Å². The van der Waals surface area contributed by atoms with E-state index in [4.69, 9.17) is 10.5 Å². The minimum atomic E-state index is 0.309. The van der Waals surface area contributed by atoms with E-state index in [1.165, 1.54) is 6.20 Å². The van der Waals surface area contributed by atoms with Crippen LogP contribution >= 0.6 is 0 Å². The number of nitrogen functional groups attached to an aromatic ring is 1. The molecule has 16 heavy (non-hydrogen) atoms. The summed E-state index contributed by atoms with van der Waals surface area (Å²) in [7, 11) is 0. The molecule has 2 aromatic rings. The Labute approximate surface area is 93.3 Å². The first-order valence-electron chi connectivity index (χ1n) is 4.95. The number of ether oxygens (including phenoxy) is 1. The van der Waals surface area contributed by atoms with Crippen LogP contribution < -0.4 is 10.5 Å². The largest absolute Gasteiger partial charge is 0.475 e. The molecule has 0 atom stereocenters. The molecular formula is C11H12N4O. The third kappa shape index (κ3) is 2.66. The van der Waals surface area contributed by atoms with Crippen molar-refractivity contribution in [1.82, 2.24) is 15.0 Å². The molecule has 5 heteroatoms. The number of nitrogens with two attached hydrogens (primary N) is 1. The fraction of sp³-hybridized carbons (Fsp3) is 0.182. The van der Waals surface area contributed by atoms with Crippen LogP contribution in [0.1, 0.15) is 5.69 Å². The van der Waals surface area contributed by atoms with Gasteiger partial charge in [-0.25, -0.2) is 9.97 Å². The second-order valence-electron chi connectivity index (χ2n) is 3.17. The molecule has 2 aromatic heterocycles. The highest BCUT2D eigenvalue weighted by Crippen LogP contribution is 2.12. The van der Waals surface area contributed by atoms with Gasteiger partial charge in [0.1, 0.15) is 0 Å². The number of hydrogen-bond donors (Lipinski definition) is 1. The summed E-state index contributed by atoms with van der Waals surface area (Å²) >= 11 is 0. The SMILES string of the molecule is Nc1nccnc1OCCc1ccccn1. The van der Waals surface area contributed by atoms with Crippen molar-refractivity contribution < 1.29 is 4.74 Å². The van der Waals surface area contributed by atoms with Gasteiger partial charge in [-0.1, -0.05) is 6.07 Å². The lowest BCUT2D eigenvalue weighted by molar-refractivity contribution is 0.309. The van der Waals surface area contributed by atoms with Crippen molar-refractivity contribution >= 4 is 5.82 Å². The van der Waals surface area contributed by atoms with Crippen molar-refractivity contribution in [1.29, 1.82) is 0 Å². The zero-order valence-corrected chi connectivity index (χ0v) is 8.71. The van der Waals surface area contributed by atoms with Gasteiger partial charge in [0.05, 0.1) is 6.61 Å². The molecule has 0 saturated heterocycles. The van der Waals surface area contributed by atoms with E-state index in [0.717, 1.165) is 12.1 Å². The zero-order chi connectivity index (χ0) is 11.2. The van der Waals surface area contributed by atoms with Crippen LogP contribution in [0.15, 0.2) is 36.8 Å². The van der Waals surface area contributed by atoms with Crippen molar-refractivity contribution in [3.8, 4) is 5.88 Å². The molecule has 2 N–H and O–H groups in total. The van der Waals surface area contributed by atoms with Gasteiger partial charge in [0.25, 0.3) is 5.88 Å². The first-order chi connectivity index (χ1) is 7.86. The summed E-state index contributed by atoms with van der Waals surface area (Å²) in [5.41, 5.74) is 6.56. The van der Waals surface area contributed by atoms with E-state index < -0.39 is 0 Å². The quantitative estimate of drug-likeness (QED) is 0.827. The Kier molecular flexibility index (Phi) is 3.28. The maximum Gasteiger partial charge on any atom is 0.257 e. The van der Waals surface area contributed by atoms with Gasteiger partial charge in [0, 0.05) is 30.7 Å². The maximum absolute atomic E-state index is 5.59. The van der Waals surface area contributed by atoms with Crippen LogP contribution in [0, 0.1) is 0 Å². The smallest absolute Gasteiger partial charge is 0.257 e. The second kappa shape index (κ2) is 5.06. The molecule has 0 aromatic carbocycles. The Balaban J connectivity index is 1.87. The summed E-state index contributed by atoms with van der Waals surface area (Å²) in [6.45, 7) is 0.486. The number of rotatable bonds is 4. The molecule has 5 nitrogen and oxygen atoms in total. The normalized spacial score (nSPS) is 10.0. The van der Waals surface area contributed by atoms with E-state index >= 15 is 0 Å². The van der Waals surface area contributed by atoms with Gasteiger partial charge in [-0.3, -0.25) is 4.98 Å². The Morgan fingerprint density at radius 2 is 1.94 bits per heavy atom. The summed E-state index contributed by atoms with van der Waals surface area (Å²) in [5, 5.41) is 0. The van der Waals surface area contributed by atoms with Gasteiger partial charge >= 0.3 is 0 Å². The van der Waals surface area contributed by atoms with Crippen LogP contribution in [-0.4, -0.2) is 21.6 Å². The lowest BCUT2D eigenvalue weighted by Crippen LogP contribution is -2.06. The maximum atomic E-state index is 5.59. The van der Waals surface area contributed by atoms with Gasteiger partial charge in [-0.15, -0.1) is 0 Å². The fourth-order valence-corrected chi connectivity index (χ4v) is 1.25. The number of aromatic nitrogens is 3. The van der Waals surface area contributed by atoms with Crippen molar-refractivity contribution in [2.75, 3.05) is 12.3 Å². The summed E-state index contributed by atoms with van der Waals surface area (Å²) < 4.78 is 5.40. The van der Waals surface area contributed by atoms with E-state index in [1.807, 2.05) is 18.2 Å². The standard InChI is InChI=1S/C11H12N4O/c12-10-11(15-7-6-14-10)16-8-4-9-3-1-2-5-13-9/h1-3,5-7H,4,8H2,(H2,12,14). The molecule has 0 bridgehead atoms. The number of pyridine rings is 1. The zero-order valence-electron chi connectivity index (χ0n) is 8.71. The van der Waals surface area contributed by atoms with Crippen LogP contribution in [0.5, 0.6) is 5.88 Å². The van der Waals surface area contributed by atoms with Crippen molar-refractivity contribution in [3.63, 3.8) is 0 Å². The van der Waals surface area contributed by atoms with E-state index in [1.54, 1.807) is 12.4 Å². The van der Waals surface area contributed by atoms with E-state index in [-0.39, 0.29) is 0 Å². The Morgan fingerprint density at radius 3 is 2.69 bits per heavy atom. The number of nitrogens with zero attached hydrogens (tertiary/aromatic N) is 3. The Morgan fingerprint density at radius 1 is 1.06 bits per heavy atom. The second-order valence-corrected chi connectivity index (χ2v) is 3.17. The number of hydrogen-bond acceptors (Lipinski definition) is 5. The molecule has 0 saturated carbocycles. The van der Waals surface area contributed by atoms with Gasteiger partial charge in [0.15, 0.2) is 5.82 Å². The summed E-state index contributed by atoms with van der Waals surface area (Å²) in [4.78, 5) is 12.0. The molecule has 0 unspecified atom stereocenters. The highest BCUT2D eigenvalue weighted by Gasteiger charge is 2.01. The number of anilines is 1. The van der Waals surface area contributed by atoms with E-state index in [9.17, 15) is 0 Å². The summed E-state index contributed by atoms with van der Waals surface area (Å²) in [6, 6.07) is 5.77. The Hall–Kier alpha value is -2.17. The highest BCUT2D eigenvalue weighted by molar-refractivity contribution is 5.38. The van der Waals surface area contributed by atoms with Crippen molar-refractivity contribution in [2.24, 2.45) is 0 Å². The average molecular weight is 216 g/mol. The molecule has 0 aliphatic heterocycles. The molecule has 2 rings (SSSR count). The first-order valence-corrected chi connectivity index (χ1v) is 4.95. The first kappa shape index (κ1) is 10.4. The third-order valence-electron chi connectivity index (χ3n) is 2.01. The van der Waals surface area contributed by atoms with Gasteiger partial charge < -0.3 is 10.5 Å². The van der Waals surface area contributed by atoms with E-state index in [2.05, 4.69) is 15.0 Å². The molecule has 2 heterocycles. The van der Waals surface area contributed by atoms with Crippen LogP contribution in [-0.2, 0) is 6.42 Å². The van der Waals surface area contributed by atoms with Crippen LogP contribution in [0.4, 0.5) is 5.82 Å². The van der Waals surface area contributed by atoms with Crippen molar-refractivity contribution in [2.45, 2.75) is 6.42 Å². The molecule has 0 radical (unpaired) electrons. The third-order valence-corrected chi connectivity index (χ3v) is 2.01. The average Bonchev–Trinajstić information content (AvgIpc) is 2.33.